The van der Waals surface area contributed by atoms with Crippen molar-refractivity contribution in [3.8, 4) is 0 Å². The minimum Gasteiger partial charge on any atom is -0.394 e. The molecule has 0 aromatic rings. The Kier molecular flexibility index (Phi) is 5.99. The van der Waals surface area contributed by atoms with Gasteiger partial charge in [0.05, 0.1) is 25.2 Å². The third kappa shape index (κ3) is 4.41. The number of nitrogens with one attached hydrogen (secondary N) is 2. The zero-order valence-corrected chi connectivity index (χ0v) is 12.6. The maximum atomic E-state index is 12.0. The molecule has 21 heavy (non-hydrogen) atoms. The maximum Gasteiger partial charge on any atom is 0.223 e. The van der Waals surface area contributed by atoms with Crippen molar-refractivity contribution in [3.05, 3.63) is 0 Å². The largest absolute Gasteiger partial charge is 0.394 e. The van der Waals surface area contributed by atoms with Gasteiger partial charge >= 0.3 is 0 Å². The van der Waals surface area contributed by atoms with E-state index < -0.39 is 6.10 Å². The molecule has 1 saturated heterocycles. The van der Waals surface area contributed by atoms with Crippen LogP contribution in [0.5, 0.6) is 0 Å². The summed E-state index contributed by atoms with van der Waals surface area (Å²) in [4.78, 5) is 23.6. The molecule has 1 aliphatic heterocycles. The van der Waals surface area contributed by atoms with Crippen LogP contribution in [-0.4, -0.2) is 48.3 Å². The number of ether oxygens (including phenoxy) is 1. The fraction of sp³-hybridized carbons (Fsp3) is 0.867. The first-order chi connectivity index (χ1) is 10.1. The standard InChI is InChI=1S/C15H26N2O4/c1-2-16-14(19)8-11-6-7-12(13(9-18)21-11)17-15(20)10-4-3-5-10/h10-13,18H,2-9H2,1H3,(H,16,19)(H,17,20)/t11-,12-,13-/m1/s1. The number of amides is 2. The monoisotopic (exact) mass is 298 g/mol. The number of aliphatic hydroxyl groups excluding tert-OH is 1. The highest BCUT2D eigenvalue weighted by Crippen LogP contribution is 2.28. The minimum absolute atomic E-state index is 0.0313. The van der Waals surface area contributed by atoms with Crippen molar-refractivity contribution in [2.75, 3.05) is 13.2 Å². The second-order valence-electron chi connectivity index (χ2n) is 5.96. The Labute approximate surface area is 125 Å². The van der Waals surface area contributed by atoms with Gasteiger partial charge in [0.15, 0.2) is 0 Å². The summed E-state index contributed by atoms with van der Waals surface area (Å²) >= 11 is 0. The van der Waals surface area contributed by atoms with E-state index in [0.29, 0.717) is 13.0 Å². The highest BCUT2D eigenvalue weighted by Gasteiger charge is 2.35. The van der Waals surface area contributed by atoms with Crippen LogP contribution >= 0.6 is 0 Å². The molecule has 0 bridgehead atoms. The van der Waals surface area contributed by atoms with Crippen molar-refractivity contribution in [2.45, 2.75) is 63.7 Å². The van der Waals surface area contributed by atoms with Crippen LogP contribution in [0, 0.1) is 5.92 Å². The summed E-state index contributed by atoms with van der Waals surface area (Å²) in [7, 11) is 0. The van der Waals surface area contributed by atoms with Crippen LogP contribution in [0.1, 0.15) is 45.4 Å². The molecule has 2 fully saturated rings. The summed E-state index contributed by atoms with van der Waals surface area (Å²) in [6.07, 6.45) is 4.24. The molecule has 0 radical (unpaired) electrons. The lowest BCUT2D eigenvalue weighted by Gasteiger charge is -2.37. The third-order valence-electron chi connectivity index (χ3n) is 4.39. The quantitative estimate of drug-likeness (QED) is 0.660. The molecule has 1 aliphatic carbocycles. The van der Waals surface area contributed by atoms with Crippen LogP contribution in [0.3, 0.4) is 0 Å². The van der Waals surface area contributed by atoms with E-state index in [2.05, 4.69) is 10.6 Å². The number of aliphatic hydroxyl groups is 1. The van der Waals surface area contributed by atoms with Crippen molar-refractivity contribution >= 4 is 11.8 Å². The Morgan fingerprint density at radius 2 is 2.00 bits per heavy atom. The Balaban J connectivity index is 1.80. The molecule has 0 unspecified atom stereocenters. The predicted octanol–water partition coefficient (Wildman–Crippen LogP) is 0.337. The van der Waals surface area contributed by atoms with Crippen molar-refractivity contribution in [2.24, 2.45) is 5.92 Å². The van der Waals surface area contributed by atoms with Gasteiger partial charge in [0.25, 0.3) is 0 Å². The SMILES string of the molecule is CCNC(=O)C[C@H]1CC[C@@H](NC(=O)C2CCC2)[C@@H](CO)O1. The van der Waals surface area contributed by atoms with E-state index >= 15 is 0 Å². The normalized spacial score (nSPS) is 29.5. The zero-order valence-electron chi connectivity index (χ0n) is 12.6. The van der Waals surface area contributed by atoms with Crippen LogP contribution in [0.15, 0.2) is 0 Å². The molecule has 3 atom stereocenters. The number of rotatable bonds is 6. The van der Waals surface area contributed by atoms with E-state index in [1.165, 1.54) is 0 Å². The lowest BCUT2D eigenvalue weighted by molar-refractivity contribution is -0.138. The molecule has 2 rings (SSSR count). The smallest absolute Gasteiger partial charge is 0.223 e. The number of carbonyl (C=O) groups is 2. The Bertz CT molecular complexity index is 371. The van der Waals surface area contributed by atoms with Gasteiger partial charge in [0.2, 0.25) is 11.8 Å². The lowest BCUT2D eigenvalue weighted by atomic mass is 9.84. The molecule has 0 aromatic heterocycles. The van der Waals surface area contributed by atoms with Crippen LogP contribution < -0.4 is 10.6 Å². The molecule has 0 spiro atoms. The maximum absolute atomic E-state index is 12.0. The summed E-state index contributed by atoms with van der Waals surface area (Å²) in [5.41, 5.74) is 0. The molecule has 1 heterocycles. The fourth-order valence-corrected chi connectivity index (χ4v) is 2.89. The molecule has 6 nitrogen and oxygen atoms in total. The summed E-state index contributed by atoms with van der Waals surface area (Å²) in [5, 5.41) is 15.2. The highest BCUT2D eigenvalue weighted by molar-refractivity contribution is 5.79. The van der Waals surface area contributed by atoms with Gasteiger partial charge in [-0.2, -0.15) is 0 Å². The predicted molar refractivity (Wildman–Crippen MR) is 77.6 cm³/mol. The fourth-order valence-electron chi connectivity index (χ4n) is 2.89. The van der Waals surface area contributed by atoms with Crippen LogP contribution in [0.4, 0.5) is 0 Å². The van der Waals surface area contributed by atoms with E-state index in [9.17, 15) is 14.7 Å². The van der Waals surface area contributed by atoms with Crippen LogP contribution in [-0.2, 0) is 14.3 Å². The van der Waals surface area contributed by atoms with Gasteiger partial charge in [0.1, 0.15) is 6.10 Å². The second kappa shape index (κ2) is 7.75. The van der Waals surface area contributed by atoms with E-state index in [1.54, 1.807) is 0 Å². The van der Waals surface area contributed by atoms with Gasteiger partial charge in [-0.3, -0.25) is 9.59 Å². The summed E-state index contributed by atoms with van der Waals surface area (Å²) in [6.45, 7) is 2.35. The van der Waals surface area contributed by atoms with E-state index in [4.69, 9.17) is 4.74 Å². The molecule has 120 valence electrons. The van der Waals surface area contributed by atoms with Crippen LogP contribution in [0.2, 0.25) is 0 Å². The summed E-state index contributed by atoms with van der Waals surface area (Å²) < 4.78 is 5.77. The van der Waals surface area contributed by atoms with Crippen molar-refractivity contribution in [1.82, 2.24) is 10.6 Å². The third-order valence-corrected chi connectivity index (χ3v) is 4.39. The van der Waals surface area contributed by atoms with Gasteiger partial charge in [-0.25, -0.2) is 0 Å². The summed E-state index contributed by atoms with van der Waals surface area (Å²) in [5.74, 6) is 0.184. The molecular formula is C15H26N2O4. The van der Waals surface area contributed by atoms with Gasteiger partial charge in [-0.15, -0.1) is 0 Å². The number of hydrogen-bond donors (Lipinski definition) is 3. The van der Waals surface area contributed by atoms with Gasteiger partial charge in [-0.1, -0.05) is 6.42 Å². The number of hydrogen-bond acceptors (Lipinski definition) is 4. The first-order valence-electron chi connectivity index (χ1n) is 7.97. The van der Waals surface area contributed by atoms with Gasteiger partial charge in [0, 0.05) is 12.5 Å². The molecular weight excluding hydrogens is 272 g/mol. The molecule has 2 aliphatic rings. The van der Waals surface area contributed by atoms with Crippen molar-refractivity contribution in [3.63, 3.8) is 0 Å². The summed E-state index contributed by atoms with van der Waals surface area (Å²) in [6, 6.07) is -0.145. The topological polar surface area (TPSA) is 87.7 Å². The van der Waals surface area contributed by atoms with Crippen LogP contribution in [0.25, 0.3) is 0 Å². The average molecular weight is 298 g/mol. The minimum atomic E-state index is -0.415. The second-order valence-corrected chi connectivity index (χ2v) is 5.96. The van der Waals surface area contributed by atoms with Gasteiger partial charge in [-0.05, 0) is 32.6 Å². The van der Waals surface area contributed by atoms with Gasteiger partial charge < -0.3 is 20.5 Å². The number of carbonyl (C=O) groups excluding carboxylic acids is 2. The highest BCUT2D eigenvalue weighted by atomic mass is 16.5. The van der Waals surface area contributed by atoms with E-state index in [1.807, 2.05) is 6.92 Å². The Morgan fingerprint density at radius 3 is 2.57 bits per heavy atom. The molecule has 1 saturated carbocycles. The van der Waals surface area contributed by atoms with E-state index in [0.717, 1.165) is 32.1 Å². The molecule has 2 amide bonds. The molecule has 6 heteroatoms. The Hall–Kier alpha value is -1.14. The average Bonchev–Trinajstić information content (AvgIpc) is 2.38. The molecule has 3 N–H and O–H groups in total. The Morgan fingerprint density at radius 1 is 1.24 bits per heavy atom. The van der Waals surface area contributed by atoms with Crippen molar-refractivity contribution in [1.29, 1.82) is 0 Å². The van der Waals surface area contributed by atoms with Crippen molar-refractivity contribution < 1.29 is 19.4 Å². The van der Waals surface area contributed by atoms with E-state index in [-0.39, 0.29) is 36.5 Å². The molecule has 0 aromatic carbocycles. The first kappa shape index (κ1) is 16.2. The zero-order chi connectivity index (χ0) is 15.2. The lowest BCUT2D eigenvalue weighted by Crippen LogP contribution is -2.53. The first-order valence-corrected chi connectivity index (χ1v) is 7.97.